The molecular formula is C30H33Cl2N3O4. The predicted octanol–water partition coefficient (Wildman–Crippen LogP) is 5.68. The van der Waals surface area contributed by atoms with Crippen LogP contribution in [0.5, 0.6) is 5.75 Å². The second kappa shape index (κ2) is 13.8. The molecule has 3 aromatic carbocycles. The SMILES string of the molecule is CCCCNNC(=O)[C@@]1(Cc2ccccc2)N=C(c2ccc(OCCCO)cc2)O[C@H]1c1ccc(Cl)cc1Cl. The molecule has 0 unspecified atom stereocenters. The number of hydrazine groups is 1. The number of rotatable bonds is 13. The average molecular weight is 571 g/mol. The van der Waals surface area contributed by atoms with Crippen LogP contribution in [0.25, 0.3) is 0 Å². The maximum Gasteiger partial charge on any atom is 0.266 e. The van der Waals surface area contributed by atoms with Gasteiger partial charge in [-0.25, -0.2) is 10.4 Å². The Kier molecular flexibility index (Phi) is 10.2. The van der Waals surface area contributed by atoms with E-state index >= 15 is 0 Å². The van der Waals surface area contributed by atoms with Crippen LogP contribution in [0, 0.1) is 0 Å². The smallest absolute Gasteiger partial charge is 0.266 e. The van der Waals surface area contributed by atoms with Crippen LogP contribution >= 0.6 is 23.2 Å². The normalized spacial score (nSPS) is 18.4. The van der Waals surface area contributed by atoms with Gasteiger partial charge < -0.3 is 14.6 Å². The fraction of sp³-hybridized carbons (Fsp3) is 0.333. The highest BCUT2D eigenvalue weighted by Crippen LogP contribution is 2.45. The van der Waals surface area contributed by atoms with Gasteiger partial charge in [-0.15, -0.1) is 0 Å². The van der Waals surface area contributed by atoms with Gasteiger partial charge in [0.2, 0.25) is 5.90 Å². The zero-order valence-corrected chi connectivity index (χ0v) is 23.3. The topological polar surface area (TPSA) is 92.2 Å². The highest BCUT2D eigenvalue weighted by Gasteiger charge is 2.54. The molecule has 0 spiro atoms. The van der Waals surface area contributed by atoms with Gasteiger partial charge in [0.15, 0.2) is 11.6 Å². The number of aliphatic hydroxyl groups is 1. The first-order valence-corrected chi connectivity index (χ1v) is 13.8. The van der Waals surface area contributed by atoms with Crippen LogP contribution < -0.4 is 15.6 Å². The summed E-state index contributed by atoms with van der Waals surface area (Å²) in [6, 6.07) is 22.2. The molecule has 7 nitrogen and oxygen atoms in total. The minimum Gasteiger partial charge on any atom is -0.494 e. The molecule has 3 N–H and O–H groups in total. The van der Waals surface area contributed by atoms with Crippen molar-refractivity contribution in [2.75, 3.05) is 19.8 Å². The van der Waals surface area contributed by atoms with Crippen molar-refractivity contribution < 1.29 is 19.4 Å². The highest BCUT2D eigenvalue weighted by atomic mass is 35.5. The number of benzene rings is 3. The summed E-state index contributed by atoms with van der Waals surface area (Å²) < 4.78 is 12.2. The van der Waals surface area contributed by atoms with Crippen LogP contribution in [-0.4, -0.2) is 42.2 Å². The minimum atomic E-state index is -1.36. The Morgan fingerprint density at radius 3 is 2.54 bits per heavy atom. The van der Waals surface area contributed by atoms with E-state index in [1.807, 2.05) is 54.6 Å². The third-order valence-corrected chi connectivity index (χ3v) is 7.01. The Morgan fingerprint density at radius 2 is 1.85 bits per heavy atom. The van der Waals surface area contributed by atoms with E-state index in [0.717, 1.165) is 18.4 Å². The summed E-state index contributed by atoms with van der Waals surface area (Å²) in [5.41, 5.74) is 6.80. The maximum absolute atomic E-state index is 14.0. The zero-order valence-electron chi connectivity index (χ0n) is 21.8. The van der Waals surface area contributed by atoms with Gasteiger partial charge in [-0.2, -0.15) is 0 Å². The Hall–Kier alpha value is -3.10. The van der Waals surface area contributed by atoms with Gasteiger partial charge in [0.05, 0.1) is 6.61 Å². The molecule has 2 atom stereocenters. The van der Waals surface area contributed by atoms with E-state index in [1.54, 1.807) is 18.2 Å². The fourth-order valence-electron chi connectivity index (χ4n) is 4.40. The van der Waals surface area contributed by atoms with Gasteiger partial charge >= 0.3 is 0 Å². The Morgan fingerprint density at radius 1 is 1.08 bits per heavy atom. The number of unbranched alkanes of at least 4 members (excludes halogenated alkanes) is 1. The van der Waals surface area contributed by atoms with Crippen molar-refractivity contribution >= 4 is 35.0 Å². The summed E-state index contributed by atoms with van der Waals surface area (Å²) in [5, 5.41) is 9.87. The molecule has 1 aliphatic rings. The third kappa shape index (κ3) is 7.11. The van der Waals surface area contributed by atoms with Gasteiger partial charge in [-0.3, -0.25) is 10.2 Å². The van der Waals surface area contributed by atoms with E-state index < -0.39 is 11.6 Å². The first-order valence-electron chi connectivity index (χ1n) is 13.1. The molecule has 0 radical (unpaired) electrons. The summed E-state index contributed by atoms with van der Waals surface area (Å²) in [5.74, 6) is 0.668. The van der Waals surface area contributed by atoms with E-state index in [9.17, 15) is 4.79 Å². The summed E-state index contributed by atoms with van der Waals surface area (Å²) in [6.45, 7) is 3.19. The number of halogens is 2. The lowest BCUT2D eigenvalue weighted by molar-refractivity contribution is -0.130. The van der Waals surface area contributed by atoms with Crippen molar-refractivity contribution in [1.82, 2.24) is 10.9 Å². The lowest BCUT2D eigenvalue weighted by atomic mass is 9.82. The van der Waals surface area contributed by atoms with Crippen molar-refractivity contribution in [2.24, 2.45) is 4.99 Å². The first kappa shape index (κ1) is 28.9. The van der Waals surface area contributed by atoms with E-state index in [4.69, 9.17) is 42.8 Å². The molecule has 39 heavy (non-hydrogen) atoms. The van der Waals surface area contributed by atoms with Crippen molar-refractivity contribution in [3.8, 4) is 5.75 Å². The molecule has 1 aliphatic heterocycles. The van der Waals surface area contributed by atoms with E-state index in [-0.39, 0.29) is 18.9 Å². The number of hydrogen-bond donors (Lipinski definition) is 3. The van der Waals surface area contributed by atoms with Gasteiger partial charge in [-0.1, -0.05) is 72.9 Å². The molecule has 206 valence electrons. The Bertz CT molecular complexity index is 1270. The third-order valence-electron chi connectivity index (χ3n) is 6.45. The number of aliphatic hydroxyl groups excluding tert-OH is 1. The number of nitrogens with one attached hydrogen (secondary N) is 2. The van der Waals surface area contributed by atoms with Crippen LogP contribution in [-0.2, 0) is 16.0 Å². The second-order valence-corrected chi connectivity index (χ2v) is 10.2. The monoisotopic (exact) mass is 569 g/mol. The molecule has 0 saturated heterocycles. The number of hydrogen-bond acceptors (Lipinski definition) is 6. The summed E-state index contributed by atoms with van der Waals surface area (Å²) in [7, 11) is 0. The van der Waals surface area contributed by atoms with Gasteiger partial charge in [0.1, 0.15) is 5.75 Å². The lowest BCUT2D eigenvalue weighted by Gasteiger charge is -2.31. The van der Waals surface area contributed by atoms with Gasteiger partial charge in [0, 0.05) is 47.2 Å². The molecule has 9 heteroatoms. The fourth-order valence-corrected chi connectivity index (χ4v) is 4.90. The molecule has 0 aromatic heterocycles. The van der Waals surface area contributed by atoms with Crippen LogP contribution in [0.15, 0.2) is 77.8 Å². The molecule has 1 amide bonds. The van der Waals surface area contributed by atoms with Crippen LogP contribution in [0.4, 0.5) is 0 Å². The molecule has 4 rings (SSSR count). The number of ether oxygens (including phenoxy) is 2. The molecule has 1 heterocycles. The Balaban J connectivity index is 1.76. The first-order chi connectivity index (χ1) is 19.0. The quantitative estimate of drug-likeness (QED) is 0.182. The predicted molar refractivity (Wildman–Crippen MR) is 154 cm³/mol. The van der Waals surface area contributed by atoms with E-state index in [2.05, 4.69) is 17.8 Å². The van der Waals surface area contributed by atoms with Crippen LogP contribution in [0.3, 0.4) is 0 Å². The van der Waals surface area contributed by atoms with Crippen molar-refractivity contribution in [3.05, 3.63) is 99.5 Å². The number of aliphatic imine (C=N–C) groups is 1. The number of carbonyl (C=O) groups is 1. The highest BCUT2D eigenvalue weighted by molar-refractivity contribution is 6.35. The molecule has 0 aliphatic carbocycles. The van der Waals surface area contributed by atoms with E-state index in [0.29, 0.717) is 52.4 Å². The minimum absolute atomic E-state index is 0.0657. The number of nitrogens with zero attached hydrogens (tertiary/aromatic N) is 1. The average Bonchev–Trinajstić information content (AvgIpc) is 3.32. The standard InChI is InChI=1S/C30H33Cl2N3O4/c1-2-3-16-33-35-29(37)30(20-21-8-5-4-6-9-21)27(25-15-12-23(31)19-26(25)32)39-28(34-30)22-10-13-24(14-11-22)38-18-7-17-36/h4-6,8-15,19,27,33,36H,2-3,7,16-18,20H2,1H3,(H,35,37)/t27-,30-/m0/s1. The molecular weight excluding hydrogens is 537 g/mol. The van der Waals surface area contributed by atoms with Crippen LogP contribution in [0.1, 0.15) is 49.0 Å². The van der Waals surface area contributed by atoms with Crippen LogP contribution in [0.2, 0.25) is 10.0 Å². The number of carbonyl (C=O) groups excluding carboxylic acids is 1. The summed E-state index contributed by atoms with van der Waals surface area (Å²) in [6.07, 6.45) is 1.92. The molecule has 0 bridgehead atoms. The largest absolute Gasteiger partial charge is 0.494 e. The number of amides is 1. The lowest BCUT2D eigenvalue weighted by Crippen LogP contribution is -2.54. The summed E-state index contributed by atoms with van der Waals surface area (Å²) >= 11 is 12.9. The van der Waals surface area contributed by atoms with Gasteiger partial charge in [0.25, 0.3) is 5.91 Å². The zero-order chi connectivity index (χ0) is 27.7. The second-order valence-electron chi connectivity index (χ2n) is 9.35. The Labute approximate surface area is 239 Å². The maximum atomic E-state index is 14.0. The van der Waals surface area contributed by atoms with Crippen molar-refractivity contribution in [1.29, 1.82) is 0 Å². The van der Waals surface area contributed by atoms with Gasteiger partial charge in [-0.05, 0) is 48.4 Å². The van der Waals surface area contributed by atoms with Crippen molar-refractivity contribution in [2.45, 2.75) is 44.2 Å². The molecule has 0 saturated carbocycles. The molecule has 3 aromatic rings. The molecule has 0 fully saturated rings. The van der Waals surface area contributed by atoms with Crippen molar-refractivity contribution in [3.63, 3.8) is 0 Å². The summed E-state index contributed by atoms with van der Waals surface area (Å²) in [4.78, 5) is 19.0. The van der Waals surface area contributed by atoms with E-state index in [1.165, 1.54) is 0 Å².